The number of para-hydroxylation sites is 1. The monoisotopic (exact) mass is 293 g/mol. The Balaban J connectivity index is 1.74. The molecule has 0 saturated carbocycles. The Morgan fingerprint density at radius 1 is 1.05 bits per heavy atom. The van der Waals surface area contributed by atoms with Crippen LogP contribution in [0.5, 0.6) is 5.75 Å². The van der Waals surface area contributed by atoms with Crippen molar-refractivity contribution >= 4 is 6.08 Å². The molecule has 2 nitrogen and oxygen atoms in total. The lowest BCUT2D eigenvalue weighted by Crippen LogP contribution is -2.48. The van der Waals surface area contributed by atoms with E-state index in [1.807, 2.05) is 18.2 Å². The third-order valence-corrected chi connectivity index (χ3v) is 4.63. The molecule has 0 radical (unpaired) electrons. The standard InChI is InChI=1S/C20H23NO/c1-16(11-12-17-7-3-2-4-8-17)20(15-21)14-13-18-9-5-6-10-19(18)22-20/h2-10,13-14,16H,11-12,15,21H2,1H3. The Morgan fingerprint density at radius 2 is 1.77 bits per heavy atom. The van der Waals surface area contributed by atoms with Gasteiger partial charge < -0.3 is 10.5 Å². The smallest absolute Gasteiger partial charge is 0.142 e. The molecule has 2 aromatic carbocycles. The Kier molecular flexibility index (Phi) is 4.30. The van der Waals surface area contributed by atoms with Crippen LogP contribution in [0, 0.1) is 5.92 Å². The Labute approximate surface area is 132 Å². The van der Waals surface area contributed by atoms with Gasteiger partial charge >= 0.3 is 0 Å². The van der Waals surface area contributed by atoms with Crippen LogP contribution in [-0.2, 0) is 6.42 Å². The van der Waals surface area contributed by atoms with Crippen molar-refractivity contribution < 1.29 is 4.74 Å². The van der Waals surface area contributed by atoms with Gasteiger partial charge in [-0.25, -0.2) is 0 Å². The highest BCUT2D eigenvalue weighted by molar-refractivity contribution is 5.61. The quantitative estimate of drug-likeness (QED) is 0.902. The zero-order valence-electron chi connectivity index (χ0n) is 13.0. The largest absolute Gasteiger partial charge is 0.481 e. The fourth-order valence-corrected chi connectivity index (χ4v) is 3.03. The van der Waals surface area contributed by atoms with Gasteiger partial charge in [0.05, 0.1) is 0 Å². The van der Waals surface area contributed by atoms with Crippen LogP contribution in [0.15, 0.2) is 60.7 Å². The summed E-state index contributed by atoms with van der Waals surface area (Å²) in [4.78, 5) is 0. The summed E-state index contributed by atoms with van der Waals surface area (Å²) in [5.41, 5.74) is 8.18. The molecule has 0 aliphatic carbocycles. The normalized spacial score (nSPS) is 21.0. The van der Waals surface area contributed by atoms with Gasteiger partial charge in [-0.15, -0.1) is 0 Å². The molecule has 22 heavy (non-hydrogen) atoms. The molecule has 3 rings (SSSR count). The Morgan fingerprint density at radius 3 is 2.55 bits per heavy atom. The first-order valence-corrected chi connectivity index (χ1v) is 7.95. The van der Waals surface area contributed by atoms with Crippen LogP contribution >= 0.6 is 0 Å². The van der Waals surface area contributed by atoms with Gasteiger partial charge in [-0.1, -0.05) is 61.5 Å². The number of rotatable bonds is 5. The number of hydrogen-bond donors (Lipinski definition) is 1. The molecular weight excluding hydrogens is 270 g/mol. The van der Waals surface area contributed by atoms with Crippen LogP contribution in [0.4, 0.5) is 0 Å². The predicted octanol–water partition coefficient (Wildman–Crippen LogP) is 4.06. The van der Waals surface area contributed by atoms with Gasteiger partial charge in [-0.2, -0.15) is 0 Å². The van der Waals surface area contributed by atoms with Crippen LogP contribution in [0.1, 0.15) is 24.5 Å². The van der Waals surface area contributed by atoms with E-state index in [0.717, 1.165) is 24.2 Å². The van der Waals surface area contributed by atoms with Crippen LogP contribution in [-0.4, -0.2) is 12.1 Å². The van der Waals surface area contributed by atoms with Crippen molar-refractivity contribution in [2.24, 2.45) is 11.7 Å². The van der Waals surface area contributed by atoms with E-state index in [0.29, 0.717) is 12.5 Å². The van der Waals surface area contributed by atoms with Gasteiger partial charge in [-0.05, 0) is 30.5 Å². The van der Waals surface area contributed by atoms with Gasteiger partial charge in [-0.3, -0.25) is 0 Å². The van der Waals surface area contributed by atoms with Crippen LogP contribution in [0.25, 0.3) is 6.08 Å². The van der Waals surface area contributed by atoms with E-state index in [1.165, 1.54) is 5.56 Å². The molecule has 0 fully saturated rings. The molecule has 1 aliphatic heterocycles. The van der Waals surface area contributed by atoms with Crippen molar-refractivity contribution in [3.05, 3.63) is 71.8 Å². The van der Waals surface area contributed by atoms with E-state index < -0.39 is 5.60 Å². The lowest BCUT2D eigenvalue weighted by molar-refractivity contribution is 0.0645. The first-order chi connectivity index (χ1) is 10.7. The van der Waals surface area contributed by atoms with E-state index >= 15 is 0 Å². The van der Waals surface area contributed by atoms with E-state index in [9.17, 15) is 0 Å². The minimum atomic E-state index is -0.400. The number of benzene rings is 2. The second kappa shape index (κ2) is 6.37. The van der Waals surface area contributed by atoms with Crippen molar-refractivity contribution in [2.45, 2.75) is 25.4 Å². The summed E-state index contributed by atoms with van der Waals surface area (Å²) in [5, 5.41) is 0. The molecule has 2 aromatic rings. The van der Waals surface area contributed by atoms with Crippen LogP contribution < -0.4 is 10.5 Å². The number of hydrogen-bond acceptors (Lipinski definition) is 2. The summed E-state index contributed by atoms with van der Waals surface area (Å²) in [6, 6.07) is 18.7. The summed E-state index contributed by atoms with van der Waals surface area (Å²) in [6.07, 6.45) is 6.38. The lowest BCUT2D eigenvalue weighted by atomic mass is 9.82. The molecule has 2 N–H and O–H groups in total. The highest BCUT2D eigenvalue weighted by Gasteiger charge is 2.36. The lowest BCUT2D eigenvalue weighted by Gasteiger charge is -2.39. The maximum Gasteiger partial charge on any atom is 0.142 e. The third kappa shape index (κ3) is 2.93. The molecule has 114 valence electrons. The van der Waals surface area contributed by atoms with Crippen molar-refractivity contribution in [3.63, 3.8) is 0 Å². The number of nitrogens with two attached hydrogens (primary N) is 1. The first-order valence-electron chi connectivity index (χ1n) is 7.95. The van der Waals surface area contributed by atoms with Crippen molar-refractivity contribution in [3.8, 4) is 5.75 Å². The molecule has 0 bridgehead atoms. The fourth-order valence-electron chi connectivity index (χ4n) is 3.03. The van der Waals surface area contributed by atoms with Gasteiger partial charge in [0.1, 0.15) is 11.4 Å². The summed E-state index contributed by atoms with van der Waals surface area (Å²) in [6.45, 7) is 2.72. The maximum atomic E-state index is 6.31. The van der Waals surface area contributed by atoms with Crippen molar-refractivity contribution in [1.82, 2.24) is 0 Å². The van der Waals surface area contributed by atoms with Gasteiger partial charge in [0, 0.05) is 18.0 Å². The minimum Gasteiger partial charge on any atom is -0.481 e. The van der Waals surface area contributed by atoms with Gasteiger partial charge in [0.25, 0.3) is 0 Å². The molecule has 0 spiro atoms. The molecule has 0 amide bonds. The molecule has 1 heterocycles. The summed E-state index contributed by atoms with van der Waals surface area (Å²) in [7, 11) is 0. The number of aryl methyl sites for hydroxylation is 1. The average Bonchev–Trinajstić information content (AvgIpc) is 2.60. The Hall–Kier alpha value is -2.06. The van der Waals surface area contributed by atoms with Crippen LogP contribution in [0.2, 0.25) is 0 Å². The molecule has 1 aliphatic rings. The molecule has 0 saturated heterocycles. The highest BCUT2D eigenvalue weighted by atomic mass is 16.5. The topological polar surface area (TPSA) is 35.2 Å². The van der Waals surface area contributed by atoms with Crippen molar-refractivity contribution in [2.75, 3.05) is 6.54 Å². The average molecular weight is 293 g/mol. The van der Waals surface area contributed by atoms with E-state index in [2.05, 4.69) is 55.5 Å². The summed E-state index contributed by atoms with van der Waals surface area (Å²) >= 11 is 0. The predicted molar refractivity (Wildman–Crippen MR) is 91.8 cm³/mol. The fraction of sp³-hybridized carbons (Fsp3) is 0.300. The summed E-state index contributed by atoms with van der Waals surface area (Å²) < 4.78 is 6.31. The van der Waals surface area contributed by atoms with E-state index in [1.54, 1.807) is 0 Å². The highest BCUT2D eigenvalue weighted by Crippen LogP contribution is 2.36. The van der Waals surface area contributed by atoms with Crippen LogP contribution in [0.3, 0.4) is 0 Å². The SMILES string of the molecule is CC(CCc1ccccc1)C1(CN)C=Cc2ccccc2O1. The molecule has 0 aromatic heterocycles. The zero-order chi connectivity index (χ0) is 15.4. The maximum absolute atomic E-state index is 6.31. The van der Waals surface area contributed by atoms with Gasteiger partial charge in [0.2, 0.25) is 0 Å². The minimum absolute atomic E-state index is 0.349. The second-order valence-electron chi connectivity index (χ2n) is 6.06. The second-order valence-corrected chi connectivity index (χ2v) is 6.06. The molecular formula is C20H23NO. The zero-order valence-corrected chi connectivity index (χ0v) is 13.0. The van der Waals surface area contributed by atoms with E-state index in [4.69, 9.17) is 10.5 Å². The van der Waals surface area contributed by atoms with E-state index in [-0.39, 0.29) is 0 Å². The third-order valence-electron chi connectivity index (χ3n) is 4.63. The molecule has 2 heteroatoms. The molecule has 2 unspecified atom stereocenters. The van der Waals surface area contributed by atoms with Gasteiger partial charge in [0.15, 0.2) is 0 Å². The number of ether oxygens (including phenoxy) is 1. The number of fused-ring (bicyclic) bond motifs is 1. The summed E-state index contributed by atoms with van der Waals surface area (Å²) in [5.74, 6) is 1.28. The Bertz CT molecular complexity index is 650. The first kappa shape index (κ1) is 14.9. The molecule has 2 atom stereocenters. The van der Waals surface area contributed by atoms with Crippen molar-refractivity contribution in [1.29, 1.82) is 0 Å².